The van der Waals surface area contributed by atoms with Crippen molar-refractivity contribution in [1.29, 1.82) is 0 Å². The van der Waals surface area contributed by atoms with Gasteiger partial charge in [0.1, 0.15) is 0 Å². The highest BCUT2D eigenvalue weighted by Crippen LogP contribution is 2.53. The fourth-order valence-corrected chi connectivity index (χ4v) is 5.84. The van der Waals surface area contributed by atoms with Gasteiger partial charge in [-0.25, -0.2) is 4.79 Å². The molecule has 0 spiro atoms. The lowest BCUT2D eigenvalue weighted by Crippen LogP contribution is -2.35. The summed E-state index contributed by atoms with van der Waals surface area (Å²) < 4.78 is 6.24. The van der Waals surface area contributed by atoms with Crippen LogP contribution in [0.25, 0.3) is 0 Å². The highest BCUT2D eigenvalue weighted by Gasteiger charge is 2.46. The third-order valence-corrected chi connectivity index (χ3v) is 7.87. The second-order valence-electron chi connectivity index (χ2n) is 10.5. The van der Waals surface area contributed by atoms with Gasteiger partial charge in [-0.2, -0.15) is 0 Å². The number of carbonyl (C=O) groups is 1. The number of rotatable bonds is 4. The summed E-state index contributed by atoms with van der Waals surface area (Å²) in [6, 6.07) is 14.4. The number of carboxylic acids is 1. The molecule has 2 aromatic carbocycles. The SMILES string of the molecule is COC1(c2ccc(C(=O)O)cc2)CCCC1c1ccc2c(c1)C(C)(C)CCC2(C)C. The average Bonchev–Trinajstić information content (AvgIpc) is 3.16. The van der Waals surface area contributed by atoms with Crippen molar-refractivity contribution >= 4 is 5.97 Å². The van der Waals surface area contributed by atoms with Gasteiger partial charge in [-0.3, -0.25) is 0 Å². The van der Waals surface area contributed by atoms with Gasteiger partial charge in [0.15, 0.2) is 0 Å². The zero-order valence-corrected chi connectivity index (χ0v) is 18.9. The number of hydrogen-bond donors (Lipinski definition) is 1. The molecular weight excluding hydrogens is 372 g/mol. The van der Waals surface area contributed by atoms with E-state index in [0.29, 0.717) is 5.56 Å². The van der Waals surface area contributed by atoms with Crippen LogP contribution in [0.5, 0.6) is 0 Å². The highest BCUT2D eigenvalue weighted by molar-refractivity contribution is 5.87. The van der Waals surface area contributed by atoms with Crippen molar-refractivity contribution in [1.82, 2.24) is 0 Å². The van der Waals surface area contributed by atoms with Crippen LogP contribution in [-0.2, 0) is 21.2 Å². The second-order valence-corrected chi connectivity index (χ2v) is 10.5. The van der Waals surface area contributed by atoms with Crippen molar-refractivity contribution < 1.29 is 14.6 Å². The molecule has 2 aromatic rings. The van der Waals surface area contributed by atoms with Gasteiger partial charge in [0.2, 0.25) is 0 Å². The molecule has 0 heterocycles. The molecule has 1 N–H and O–H groups in total. The lowest BCUT2D eigenvalue weighted by molar-refractivity contribution is -0.0239. The molecule has 0 saturated heterocycles. The van der Waals surface area contributed by atoms with Crippen LogP contribution in [0.4, 0.5) is 0 Å². The molecule has 30 heavy (non-hydrogen) atoms. The minimum absolute atomic E-state index is 0.179. The van der Waals surface area contributed by atoms with Crippen molar-refractivity contribution in [3.8, 4) is 0 Å². The summed E-state index contributed by atoms with van der Waals surface area (Å²) in [6.45, 7) is 9.46. The third kappa shape index (κ3) is 3.28. The van der Waals surface area contributed by atoms with Gasteiger partial charge in [-0.15, -0.1) is 0 Å². The summed E-state index contributed by atoms with van der Waals surface area (Å²) in [7, 11) is 1.80. The molecule has 0 amide bonds. The van der Waals surface area contributed by atoms with Crippen molar-refractivity contribution in [2.24, 2.45) is 0 Å². The Morgan fingerprint density at radius 3 is 2.17 bits per heavy atom. The third-order valence-electron chi connectivity index (χ3n) is 7.87. The zero-order chi connectivity index (χ0) is 21.7. The summed E-state index contributed by atoms with van der Waals surface area (Å²) in [5.41, 5.74) is 5.69. The Morgan fingerprint density at radius 1 is 0.933 bits per heavy atom. The fraction of sp³-hybridized carbons (Fsp3) is 0.519. The van der Waals surface area contributed by atoms with E-state index in [1.807, 2.05) is 12.1 Å². The Morgan fingerprint density at radius 2 is 1.57 bits per heavy atom. The van der Waals surface area contributed by atoms with Gasteiger partial charge in [-0.05, 0) is 77.3 Å². The second kappa shape index (κ2) is 7.23. The number of hydrogen-bond acceptors (Lipinski definition) is 2. The molecule has 2 atom stereocenters. The van der Waals surface area contributed by atoms with Gasteiger partial charge in [-0.1, -0.05) is 58.0 Å². The van der Waals surface area contributed by atoms with Crippen LogP contribution in [0.2, 0.25) is 0 Å². The smallest absolute Gasteiger partial charge is 0.335 e. The minimum atomic E-state index is -0.893. The van der Waals surface area contributed by atoms with Crippen molar-refractivity contribution in [2.45, 2.75) is 82.1 Å². The number of aromatic carboxylic acids is 1. The quantitative estimate of drug-likeness (QED) is 0.627. The van der Waals surface area contributed by atoms with Crippen molar-refractivity contribution in [2.75, 3.05) is 7.11 Å². The standard InChI is InChI=1S/C27H34O3/c1-25(2)15-16-26(3,4)23-17-19(10-13-22(23)25)21-7-6-14-27(21,30-5)20-11-8-18(9-12-20)24(28)29/h8-13,17,21H,6-7,14-16H2,1-5H3,(H,28,29). The Hall–Kier alpha value is -2.13. The normalized spacial score (nSPS) is 26.9. The summed E-state index contributed by atoms with van der Waals surface area (Å²) in [5.74, 6) is -0.625. The zero-order valence-electron chi connectivity index (χ0n) is 18.9. The monoisotopic (exact) mass is 406 g/mol. The summed E-state index contributed by atoms with van der Waals surface area (Å²) >= 11 is 0. The Balaban J connectivity index is 1.78. The molecule has 3 heteroatoms. The molecule has 0 aliphatic heterocycles. The number of ether oxygens (including phenoxy) is 1. The molecule has 4 rings (SSSR count). The molecule has 160 valence electrons. The van der Waals surface area contributed by atoms with E-state index in [-0.39, 0.29) is 16.7 Å². The first-order valence-corrected chi connectivity index (χ1v) is 11.1. The number of benzene rings is 2. The van der Waals surface area contributed by atoms with E-state index < -0.39 is 11.6 Å². The first-order valence-electron chi connectivity index (χ1n) is 11.1. The fourth-order valence-electron chi connectivity index (χ4n) is 5.84. The Labute approximate surface area is 180 Å². The van der Waals surface area contributed by atoms with Crippen molar-refractivity contribution in [3.63, 3.8) is 0 Å². The molecule has 0 bridgehead atoms. The number of methoxy groups -OCH3 is 1. The van der Waals surface area contributed by atoms with Crippen LogP contribution in [0.15, 0.2) is 42.5 Å². The predicted octanol–water partition coefficient (Wildman–Crippen LogP) is 6.54. The molecule has 3 nitrogen and oxygen atoms in total. The topological polar surface area (TPSA) is 46.5 Å². The molecular formula is C27H34O3. The van der Waals surface area contributed by atoms with Crippen molar-refractivity contribution in [3.05, 3.63) is 70.3 Å². The predicted molar refractivity (Wildman–Crippen MR) is 120 cm³/mol. The van der Waals surface area contributed by atoms with Gasteiger partial charge in [0, 0.05) is 13.0 Å². The number of carboxylic acid groups (broad SMARTS) is 1. The van der Waals surface area contributed by atoms with E-state index in [4.69, 9.17) is 4.74 Å². The van der Waals surface area contributed by atoms with Gasteiger partial charge in [0.05, 0.1) is 11.2 Å². The Kier molecular flexibility index (Phi) is 5.09. The van der Waals surface area contributed by atoms with E-state index in [2.05, 4.69) is 45.9 Å². The molecule has 0 radical (unpaired) electrons. The van der Waals surface area contributed by atoms with Gasteiger partial charge in [0.25, 0.3) is 0 Å². The molecule has 2 aliphatic rings. The van der Waals surface area contributed by atoms with Crippen LogP contribution in [0.3, 0.4) is 0 Å². The maximum atomic E-state index is 11.3. The van der Waals surface area contributed by atoms with Gasteiger partial charge >= 0.3 is 5.97 Å². The number of fused-ring (bicyclic) bond motifs is 1. The van der Waals surface area contributed by atoms with E-state index in [1.165, 1.54) is 29.5 Å². The molecule has 2 aliphatic carbocycles. The lowest BCUT2D eigenvalue weighted by atomic mass is 9.62. The average molecular weight is 407 g/mol. The minimum Gasteiger partial charge on any atom is -0.478 e. The summed E-state index contributed by atoms with van der Waals surface area (Å²) in [4.78, 5) is 11.3. The van der Waals surface area contributed by atoms with E-state index >= 15 is 0 Å². The molecule has 2 unspecified atom stereocenters. The first kappa shape index (κ1) is 21.1. The van der Waals surface area contributed by atoms with E-state index in [0.717, 1.165) is 24.8 Å². The Bertz CT molecular complexity index is 955. The van der Waals surface area contributed by atoms with Crippen LogP contribution in [-0.4, -0.2) is 18.2 Å². The lowest BCUT2D eigenvalue weighted by Gasteiger charge is -2.43. The first-order chi connectivity index (χ1) is 14.1. The molecule has 0 aromatic heterocycles. The molecule has 1 fully saturated rings. The molecule has 1 saturated carbocycles. The van der Waals surface area contributed by atoms with Crippen LogP contribution >= 0.6 is 0 Å². The largest absolute Gasteiger partial charge is 0.478 e. The van der Waals surface area contributed by atoms with Crippen LogP contribution in [0, 0.1) is 0 Å². The maximum Gasteiger partial charge on any atom is 0.335 e. The summed E-state index contributed by atoms with van der Waals surface area (Å²) in [6.07, 6.45) is 5.55. The van der Waals surface area contributed by atoms with Gasteiger partial charge < -0.3 is 9.84 Å². The van der Waals surface area contributed by atoms with E-state index in [9.17, 15) is 9.90 Å². The van der Waals surface area contributed by atoms with Crippen LogP contribution < -0.4 is 0 Å². The highest BCUT2D eigenvalue weighted by atomic mass is 16.5. The van der Waals surface area contributed by atoms with E-state index in [1.54, 1.807) is 19.2 Å². The maximum absolute atomic E-state index is 11.3. The summed E-state index contributed by atoms with van der Waals surface area (Å²) in [5, 5.41) is 9.27. The van der Waals surface area contributed by atoms with Crippen LogP contribution in [0.1, 0.15) is 98.3 Å².